The molecule has 0 aliphatic heterocycles. The summed E-state index contributed by atoms with van der Waals surface area (Å²) in [7, 11) is 0. The number of fused-ring (bicyclic) bond motifs is 5. The molecule has 1 heteroatoms. The fraction of sp³-hybridized carbons (Fsp3) is 1.00. The molecule has 2 bridgehead atoms. The van der Waals surface area contributed by atoms with Gasteiger partial charge in [-0.2, -0.15) is 0 Å². The highest BCUT2D eigenvalue weighted by atomic mass is 15.0. The van der Waals surface area contributed by atoms with E-state index in [0.717, 1.165) is 29.7 Å². The first-order valence-electron chi connectivity index (χ1n) is 8.55. The summed E-state index contributed by atoms with van der Waals surface area (Å²) >= 11 is 0. The van der Waals surface area contributed by atoms with Gasteiger partial charge in [0.1, 0.15) is 0 Å². The second-order valence-corrected chi connectivity index (χ2v) is 7.85. The second kappa shape index (κ2) is 4.23. The summed E-state index contributed by atoms with van der Waals surface area (Å²) in [4.78, 5) is 0. The third kappa shape index (κ3) is 1.62. The van der Waals surface area contributed by atoms with Crippen molar-refractivity contribution in [1.82, 2.24) is 5.32 Å². The maximum Gasteiger partial charge on any atom is 0.0101 e. The highest BCUT2D eigenvalue weighted by molar-refractivity contribution is 5.06. The van der Waals surface area contributed by atoms with Crippen molar-refractivity contribution in [1.29, 1.82) is 0 Å². The summed E-state index contributed by atoms with van der Waals surface area (Å²) < 4.78 is 0. The Bertz CT molecular complexity index is 314. The summed E-state index contributed by atoms with van der Waals surface area (Å²) in [6.45, 7) is 3.73. The molecule has 5 atom stereocenters. The zero-order chi connectivity index (χ0) is 12.2. The van der Waals surface area contributed by atoms with Gasteiger partial charge < -0.3 is 5.32 Å². The van der Waals surface area contributed by atoms with Gasteiger partial charge in [0.25, 0.3) is 0 Å². The molecular weight excluding hydrogens is 218 g/mol. The predicted octanol–water partition coefficient (Wildman–Crippen LogP) is 3.98. The second-order valence-electron chi connectivity index (χ2n) is 7.85. The van der Waals surface area contributed by atoms with E-state index in [2.05, 4.69) is 12.2 Å². The SMILES string of the molecule is CCC1(CNC2CC3CC2C2CCCC32)CCC1. The number of rotatable bonds is 4. The fourth-order valence-electron chi connectivity index (χ4n) is 5.98. The van der Waals surface area contributed by atoms with Crippen molar-refractivity contribution in [3.05, 3.63) is 0 Å². The van der Waals surface area contributed by atoms with Crippen molar-refractivity contribution in [2.45, 2.75) is 70.8 Å². The van der Waals surface area contributed by atoms with Crippen molar-refractivity contribution in [3.8, 4) is 0 Å². The lowest BCUT2D eigenvalue weighted by atomic mass is 9.66. The van der Waals surface area contributed by atoms with Crippen LogP contribution in [0.4, 0.5) is 0 Å². The van der Waals surface area contributed by atoms with E-state index in [4.69, 9.17) is 0 Å². The topological polar surface area (TPSA) is 12.0 Å². The van der Waals surface area contributed by atoms with E-state index in [1.807, 2.05) is 0 Å². The number of nitrogens with one attached hydrogen (secondary N) is 1. The Hall–Kier alpha value is -0.0400. The standard InChI is InChI=1S/C17H29N/c1-2-17(7-4-8-17)11-18-16-10-12-9-15(16)14-6-3-5-13(12)14/h12-16,18H,2-11H2,1H3. The molecule has 1 nitrogen and oxygen atoms in total. The van der Waals surface area contributed by atoms with Gasteiger partial charge in [0.2, 0.25) is 0 Å². The summed E-state index contributed by atoms with van der Waals surface area (Å²) in [6.07, 6.45) is 13.6. The molecular formula is C17H29N. The molecule has 4 aliphatic carbocycles. The molecule has 0 aromatic heterocycles. The quantitative estimate of drug-likeness (QED) is 0.792. The zero-order valence-electron chi connectivity index (χ0n) is 12.0. The minimum atomic E-state index is 0.705. The van der Waals surface area contributed by atoms with Gasteiger partial charge in [0, 0.05) is 12.6 Å². The molecule has 1 N–H and O–H groups in total. The Morgan fingerprint density at radius 1 is 1.00 bits per heavy atom. The van der Waals surface area contributed by atoms with Crippen LogP contribution < -0.4 is 5.32 Å². The summed E-state index contributed by atoms with van der Waals surface area (Å²) in [5, 5.41) is 4.02. The highest BCUT2D eigenvalue weighted by Gasteiger charge is 2.53. The van der Waals surface area contributed by atoms with E-state index in [9.17, 15) is 0 Å². The van der Waals surface area contributed by atoms with Crippen molar-refractivity contribution in [2.75, 3.05) is 6.54 Å². The van der Waals surface area contributed by atoms with Gasteiger partial charge in [-0.15, -0.1) is 0 Å². The monoisotopic (exact) mass is 247 g/mol. The van der Waals surface area contributed by atoms with Crippen LogP contribution in [0.5, 0.6) is 0 Å². The van der Waals surface area contributed by atoms with Gasteiger partial charge in [-0.05, 0) is 74.0 Å². The molecule has 0 aromatic carbocycles. The molecule has 4 saturated carbocycles. The largest absolute Gasteiger partial charge is 0.313 e. The first-order chi connectivity index (χ1) is 8.81. The molecule has 4 rings (SSSR count). The summed E-state index contributed by atoms with van der Waals surface area (Å²) in [5.74, 6) is 4.45. The van der Waals surface area contributed by atoms with E-state index in [1.54, 1.807) is 19.3 Å². The van der Waals surface area contributed by atoms with E-state index >= 15 is 0 Å². The predicted molar refractivity (Wildman–Crippen MR) is 75.4 cm³/mol. The molecule has 0 aromatic rings. The average Bonchev–Trinajstić information content (AvgIpc) is 3.00. The normalized spacial score (nSPS) is 48.2. The number of hydrogen-bond acceptors (Lipinski definition) is 1. The highest BCUT2D eigenvalue weighted by Crippen LogP contribution is 2.58. The van der Waals surface area contributed by atoms with Crippen LogP contribution in [0.15, 0.2) is 0 Å². The molecule has 0 heterocycles. The van der Waals surface area contributed by atoms with Crippen LogP contribution in [0, 0.1) is 29.1 Å². The Balaban J connectivity index is 1.37. The minimum absolute atomic E-state index is 0.705. The molecule has 0 radical (unpaired) electrons. The summed E-state index contributed by atoms with van der Waals surface area (Å²) in [6, 6.07) is 0.901. The molecule has 0 amide bonds. The lowest BCUT2D eigenvalue weighted by Gasteiger charge is -2.43. The average molecular weight is 247 g/mol. The fourth-order valence-corrected chi connectivity index (χ4v) is 5.98. The Kier molecular flexibility index (Phi) is 2.76. The van der Waals surface area contributed by atoms with Crippen LogP contribution in [0.3, 0.4) is 0 Å². The smallest absolute Gasteiger partial charge is 0.0101 e. The van der Waals surface area contributed by atoms with Crippen LogP contribution in [0.1, 0.15) is 64.7 Å². The van der Waals surface area contributed by atoms with Gasteiger partial charge in [-0.1, -0.05) is 19.8 Å². The van der Waals surface area contributed by atoms with Crippen molar-refractivity contribution in [3.63, 3.8) is 0 Å². The molecule has 5 unspecified atom stereocenters. The van der Waals surface area contributed by atoms with E-state index in [-0.39, 0.29) is 0 Å². The van der Waals surface area contributed by atoms with Crippen LogP contribution in [-0.4, -0.2) is 12.6 Å². The molecule has 4 fully saturated rings. The van der Waals surface area contributed by atoms with Gasteiger partial charge in [0.05, 0.1) is 0 Å². The Morgan fingerprint density at radius 3 is 2.56 bits per heavy atom. The van der Waals surface area contributed by atoms with Crippen LogP contribution in [0.2, 0.25) is 0 Å². The first-order valence-corrected chi connectivity index (χ1v) is 8.55. The lowest BCUT2D eigenvalue weighted by molar-refractivity contribution is 0.106. The van der Waals surface area contributed by atoms with Crippen molar-refractivity contribution in [2.24, 2.45) is 29.1 Å². The van der Waals surface area contributed by atoms with E-state index in [0.29, 0.717) is 5.41 Å². The van der Waals surface area contributed by atoms with Crippen LogP contribution in [-0.2, 0) is 0 Å². The molecule has 18 heavy (non-hydrogen) atoms. The van der Waals surface area contributed by atoms with Gasteiger partial charge >= 0.3 is 0 Å². The minimum Gasteiger partial charge on any atom is -0.313 e. The van der Waals surface area contributed by atoms with Gasteiger partial charge in [0.15, 0.2) is 0 Å². The van der Waals surface area contributed by atoms with Crippen LogP contribution >= 0.6 is 0 Å². The Morgan fingerprint density at radius 2 is 1.83 bits per heavy atom. The molecule has 102 valence electrons. The van der Waals surface area contributed by atoms with Gasteiger partial charge in [-0.3, -0.25) is 0 Å². The maximum absolute atomic E-state index is 4.02. The third-order valence-corrected chi connectivity index (χ3v) is 7.33. The maximum atomic E-state index is 4.02. The first kappa shape index (κ1) is 11.8. The number of hydrogen-bond donors (Lipinski definition) is 1. The Labute approximate surface area is 112 Å². The summed E-state index contributed by atoms with van der Waals surface area (Å²) in [5.41, 5.74) is 0.705. The lowest BCUT2D eigenvalue weighted by Crippen LogP contribution is -2.46. The zero-order valence-corrected chi connectivity index (χ0v) is 12.0. The molecule has 4 aliphatic rings. The molecule has 0 saturated heterocycles. The molecule has 0 spiro atoms. The van der Waals surface area contributed by atoms with Gasteiger partial charge in [-0.25, -0.2) is 0 Å². The van der Waals surface area contributed by atoms with Crippen LogP contribution in [0.25, 0.3) is 0 Å². The van der Waals surface area contributed by atoms with Crippen molar-refractivity contribution >= 4 is 0 Å². The third-order valence-electron chi connectivity index (χ3n) is 7.33. The van der Waals surface area contributed by atoms with Crippen molar-refractivity contribution < 1.29 is 0 Å². The van der Waals surface area contributed by atoms with E-state index in [1.165, 1.54) is 45.1 Å². The van der Waals surface area contributed by atoms with E-state index < -0.39 is 0 Å².